The Kier molecular flexibility index (Phi) is 5.09. The smallest absolute Gasteiger partial charge is 0.309 e. The first kappa shape index (κ1) is 12.5. The zero-order valence-corrected chi connectivity index (χ0v) is 9.99. The highest BCUT2D eigenvalue weighted by Gasteiger charge is 2.41. The third-order valence-electron chi connectivity index (χ3n) is 2.98. The number of carbonyl (C=O) groups is 1. The first-order chi connectivity index (χ1) is 7.22. The molecule has 3 nitrogen and oxygen atoms in total. The van der Waals surface area contributed by atoms with Crippen molar-refractivity contribution in [3.05, 3.63) is 0 Å². The van der Waals surface area contributed by atoms with Gasteiger partial charge in [0.1, 0.15) is 6.10 Å². The van der Waals surface area contributed by atoms with E-state index in [1.807, 2.05) is 6.92 Å². The highest BCUT2D eigenvalue weighted by Crippen LogP contribution is 2.30. The molecule has 1 fully saturated rings. The van der Waals surface area contributed by atoms with Crippen LogP contribution in [0.25, 0.3) is 0 Å². The Bertz CT molecular complexity index is 203. The lowest BCUT2D eigenvalue weighted by Gasteiger charge is -2.13. The Balaban J connectivity index is 2.24. The molecule has 1 rings (SSSR count). The van der Waals surface area contributed by atoms with Gasteiger partial charge in [-0.1, -0.05) is 26.7 Å². The third kappa shape index (κ3) is 3.82. The standard InChI is InChI=1S/C12H22O3/c1-4-6-7-9(5-2)12(13)15-11-8-10(11)14-3/h9-11H,4-8H2,1-3H3/t9?,10-,11-/m0/s1. The maximum absolute atomic E-state index is 11.7. The molecule has 0 aromatic carbocycles. The van der Waals surface area contributed by atoms with Crippen LogP contribution in [0.15, 0.2) is 0 Å². The van der Waals surface area contributed by atoms with E-state index in [-0.39, 0.29) is 24.1 Å². The number of hydrogen-bond donors (Lipinski definition) is 0. The Hall–Kier alpha value is -0.570. The van der Waals surface area contributed by atoms with E-state index in [0.29, 0.717) is 0 Å². The summed E-state index contributed by atoms with van der Waals surface area (Å²) in [6, 6.07) is 0. The summed E-state index contributed by atoms with van der Waals surface area (Å²) in [5.41, 5.74) is 0. The molecule has 0 heterocycles. The molecule has 0 bridgehead atoms. The molecule has 0 spiro atoms. The van der Waals surface area contributed by atoms with Gasteiger partial charge in [0.15, 0.2) is 0 Å². The van der Waals surface area contributed by atoms with Crippen molar-refractivity contribution >= 4 is 5.97 Å². The minimum atomic E-state index is -0.0319. The molecule has 1 aliphatic rings. The molecule has 0 aromatic heterocycles. The molecular weight excluding hydrogens is 192 g/mol. The molecule has 15 heavy (non-hydrogen) atoms. The lowest BCUT2D eigenvalue weighted by molar-refractivity contribution is -0.151. The van der Waals surface area contributed by atoms with Gasteiger partial charge in [-0.2, -0.15) is 0 Å². The molecule has 3 heteroatoms. The Labute approximate surface area is 92.1 Å². The summed E-state index contributed by atoms with van der Waals surface area (Å²) in [5.74, 6) is 0.0542. The molecule has 0 N–H and O–H groups in total. The number of hydrogen-bond acceptors (Lipinski definition) is 3. The lowest BCUT2D eigenvalue weighted by Crippen LogP contribution is -2.19. The predicted octanol–water partition coefficient (Wildman–Crippen LogP) is 2.53. The Morgan fingerprint density at radius 2 is 2.13 bits per heavy atom. The fourth-order valence-electron chi connectivity index (χ4n) is 1.71. The van der Waals surface area contributed by atoms with E-state index in [4.69, 9.17) is 9.47 Å². The third-order valence-corrected chi connectivity index (χ3v) is 2.98. The second-order valence-corrected chi connectivity index (χ2v) is 4.23. The average molecular weight is 214 g/mol. The van der Waals surface area contributed by atoms with Crippen molar-refractivity contribution in [3.8, 4) is 0 Å². The van der Waals surface area contributed by atoms with Crippen LogP contribution in [0.1, 0.15) is 46.0 Å². The number of methoxy groups -OCH3 is 1. The fourth-order valence-corrected chi connectivity index (χ4v) is 1.71. The molecule has 0 saturated heterocycles. The summed E-state index contributed by atoms with van der Waals surface area (Å²) < 4.78 is 10.4. The van der Waals surface area contributed by atoms with E-state index in [0.717, 1.165) is 32.1 Å². The van der Waals surface area contributed by atoms with Crippen molar-refractivity contribution in [2.75, 3.05) is 7.11 Å². The van der Waals surface area contributed by atoms with Crippen molar-refractivity contribution in [2.45, 2.75) is 58.2 Å². The summed E-state index contributed by atoms with van der Waals surface area (Å²) in [6.45, 7) is 4.18. The molecule has 0 amide bonds. The van der Waals surface area contributed by atoms with Crippen LogP contribution in [0.2, 0.25) is 0 Å². The minimum Gasteiger partial charge on any atom is -0.459 e. The van der Waals surface area contributed by atoms with E-state index in [1.165, 1.54) is 0 Å². The van der Waals surface area contributed by atoms with E-state index in [2.05, 4.69) is 6.92 Å². The second-order valence-electron chi connectivity index (χ2n) is 4.23. The number of unbranched alkanes of at least 4 members (excludes halogenated alkanes) is 1. The van der Waals surface area contributed by atoms with Gasteiger partial charge in [-0.15, -0.1) is 0 Å². The maximum atomic E-state index is 11.7. The van der Waals surface area contributed by atoms with Crippen molar-refractivity contribution in [1.29, 1.82) is 0 Å². The van der Waals surface area contributed by atoms with Crippen LogP contribution in [-0.2, 0) is 14.3 Å². The fraction of sp³-hybridized carbons (Fsp3) is 0.917. The number of ether oxygens (including phenoxy) is 2. The van der Waals surface area contributed by atoms with Gasteiger partial charge in [0.05, 0.1) is 12.0 Å². The SMILES string of the molecule is CCCCC(CC)C(=O)O[C@H]1C[C@@H]1OC. The van der Waals surface area contributed by atoms with E-state index >= 15 is 0 Å². The van der Waals surface area contributed by atoms with Crippen LogP contribution in [0.3, 0.4) is 0 Å². The van der Waals surface area contributed by atoms with Crippen molar-refractivity contribution in [2.24, 2.45) is 5.92 Å². The van der Waals surface area contributed by atoms with Gasteiger partial charge in [-0.25, -0.2) is 0 Å². The molecule has 3 atom stereocenters. The van der Waals surface area contributed by atoms with Gasteiger partial charge in [0.2, 0.25) is 0 Å². The van der Waals surface area contributed by atoms with Crippen LogP contribution in [0.4, 0.5) is 0 Å². The van der Waals surface area contributed by atoms with E-state index in [9.17, 15) is 4.79 Å². The van der Waals surface area contributed by atoms with Crippen LogP contribution >= 0.6 is 0 Å². The average Bonchev–Trinajstić information content (AvgIpc) is 2.97. The lowest BCUT2D eigenvalue weighted by atomic mass is 10.00. The summed E-state index contributed by atoms with van der Waals surface area (Å²) in [4.78, 5) is 11.7. The quantitative estimate of drug-likeness (QED) is 0.611. The molecule has 88 valence electrons. The van der Waals surface area contributed by atoms with Gasteiger partial charge in [-0.3, -0.25) is 4.79 Å². The minimum absolute atomic E-state index is 0.0261. The van der Waals surface area contributed by atoms with Crippen LogP contribution in [-0.4, -0.2) is 25.3 Å². The number of esters is 1. The van der Waals surface area contributed by atoms with Gasteiger partial charge in [-0.05, 0) is 12.8 Å². The molecular formula is C12H22O3. The van der Waals surface area contributed by atoms with Crippen molar-refractivity contribution in [3.63, 3.8) is 0 Å². The molecule has 0 aromatic rings. The Morgan fingerprint density at radius 3 is 2.60 bits per heavy atom. The van der Waals surface area contributed by atoms with Crippen LogP contribution in [0.5, 0.6) is 0 Å². The second kappa shape index (κ2) is 6.11. The first-order valence-electron chi connectivity index (χ1n) is 5.96. The zero-order chi connectivity index (χ0) is 11.3. The van der Waals surface area contributed by atoms with E-state index < -0.39 is 0 Å². The zero-order valence-electron chi connectivity index (χ0n) is 9.99. The van der Waals surface area contributed by atoms with Gasteiger partial charge < -0.3 is 9.47 Å². The highest BCUT2D eigenvalue weighted by atomic mass is 16.6. The largest absolute Gasteiger partial charge is 0.459 e. The summed E-state index contributed by atoms with van der Waals surface area (Å²) >= 11 is 0. The topological polar surface area (TPSA) is 35.5 Å². The summed E-state index contributed by atoms with van der Waals surface area (Å²) in [5, 5.41) is 0. The monoisotopic (exact) mass is 214 g/mol. The predicted molar refractivity (Wildman–Crippen MR) is 58.6 cm³/mol. The summed E-state index contributed by atoms with van der Waals surface area (Å²) in [6.07, 6.45) is 5.11. The molecule has 1 unspecified atom stereocenters. The Morgan fingerprint density at radius 1 is 1.40 bits per heavy atom. The normalized spacial score (nSPS) is 26.1. The molecule has 1 saturated carbocycles. The van der Waals surface area contributed by atoms with Gasteiger partial charge in [0.25, 0.3) is 0 Å². The highest BCUT2D eigenvalue weighted by molar-refractivity contribution is 5.72. The van der Waals surface area contributed by atoms with Crippen molar-refractivity contribution in [1.82, 2.24) is 0 Å². The number of carbonyl (C=O) groups excluding carboxylic acids is 1. The summed E-state index contributed by atoms with van der Waals surface area (Å²) in [7, 11) is 1.66. The van der Waals surface area contributed by atoms with Gasteiger partial charge >= 0.3 is 5.97 Å². The van der Waals surface area contributed by atoms with E-state index in [1.54, 1.807) is 7.11 Å². The van der Waals surface area contributed by atoms with Gasteiger partial charge in [0, 0.05) is 13.5 Å². The molecule has 0 radical (unpaired) electrons. The maximum Gasteiger partial charge on any atom is 0.309 e. The molecule has 1 aliphatic carbocycles. The molecule has 0 aliphatic heterocycles. The van der Waals surface area contributed by atoms with Crippen LogP contribution < -0.4 is 0 Å². The van der Waals surface area contributed by atoms with Crippen LogP contribution in [0, 0.1) is 5.92 Å². The number of rotatable bonds is 7. The first-order valence-corrected chi connectivity index (χ1v) is 5.96. The van der Waals surface area contributed by atoms with Crippen molar-refractivity contribution < 1.29 is 14.3 Å².